The second kappa shape index (κ2) is 3.02. The van der Waals surface area contributed by atoms with Gasteiger partial charge in [0.15, 0.2) is 11.9 Å². The second-order valence-corrected chi connectivity index (χ2v) is 3.77. The fourth-order valence-corrected chi connectivity index (χ4v) is 2.04. The summed E-state index contributed by atoms with van der Waals surface area (Å²) < 4.78 is 10.7. The smallest absolute Gasteiger partial charge is 0.181 e. The molecule has 2 aromatic heterocycles. The zero-order valence-electron chi connectivity index (χ0n) is 7.27. The highest BCUT2D eigenvalue weighted by atomic mass is 32.1. The summed E-state index contributed by atoms with van der Waals surface area (Å²) in [5.41, 5.74) is 3.69. The molecule has 0 saturated heterocycles. The maximum absolute atomic E-state index is 5.70. The Balaban J connectivity index is 1.88. The zero-order valence-corrected chi connectivity index (χ0v) is 8.08. The molecule has 72 valence electrons. The minimum atomic E-state index is -0.00801. The summed E-state index contributed by atoms with van der Waals surface area (Å²) in [6.45, 7) is 0.732. The van der Waals surface area contributed by atoms with Gasteiger partial charge in [-0.2, -0.15) is 0 Å². The van der Waals surface area contributed by atoms with E-state index in [0.29, 0.717) is 0 Å². The van der Waals surface area contributed by atoms with Crippen LogP contribution in [0.4, 0.5) is 5.69 Å². The van der Waals surface area contributed by atoms with Gasteiger partial charge in [0.2, 0.25) is 0 Å². The molecule has 1 aliphatic heterocycles. The van der Waals surface area contributed by atoms with Gasteiger partial charge >= 0.3 is 0 Å². The lowest BCUT2D eigenvalue weighted by Crippen LogP contribution is -2.22. The highest BCUT2D eigenvalue weighted by molar-refractivity contribution is 7.07. The molecule has 0 amide bonds. The van der Waals surface area contributed by atoms with Gasteiger partial charge in [0.1, 0.15) is 18.2 Å². The molecule has 0 radical (unpaired) electrons. The van der Waals surface area contributed by atoms with E-state index in [-0.39, 0.29) is 6.10 Å². The Morgan fingerprint density at radius 3 is 3.36 bits per heavy atom. The molecule has 1 aliphatic rings. The molecule has 2 aromatic rings. The van der Waals surface area contributed by atoms with Crippen LogP contribution in [-0.4, -0.2) is 11.5 Å². The molecule has 0 spiro atoms. The third-order valence-electron chi connectivity index (χ3n) is 2.15. The van der Waals surface area contributed by atoms with E-state index in [9.17, 15) is 0 Å². The lowest BCUT2D eigenvalue weighted by Gasteiger charge is -2.22. The van der Waals surface area contributed by atoms with Gasteiger partial charge in [-0.15, -0.1) is 11.3 Å². The van der Waals surface area contributed by atoms with E-state index < -0.39 is 0 Å². The van der Waals surface area contributed by atoms with Crippen LogP contribution in [0, 0.1) is 0 Å². The molecule has 0 aliphatic carbocycles. The normalized spacial score (nSPS) is 19.6. The number of thiazole rings is 1. The SMILES string of the molecule is c1nc(C2CNc3cocc3O2)cs1. The summed E-state index contributed by atoms with van der Waals surface area (Å²) in [4.78, 5) is 4.22. The van der Waals surface area contributed by atoms with Crippen molar-refractivity contribution < 1.29 is 9.15 Å². The molecule has 1 unspecified atom stereocenters. The van der Waals surface area contributed by atoms with Crippen LogP contribution < -0.4 is 10.1 Å². The van der Waals surface area contributed by atoms with Gasteiger partial charge in [-0.05, 0) is 0 Å². The number of rotatable bonds is 1. The fourth-order valence-electron chi connectivity index (χ4n) is 1.45. The van der Waals surface area contributed by atoms with Crippen molar-refractivity contribution in [3.63, 3.8) is 0 Å². The van der Waals surface area contributed by atoms with Crippen molar-refractivity contribution in [2.24, 2.45) is 0 Å². The van der Waals surface area contributed by atoms with Gasteiger partial charge in [-0.1, -0.05) is 0 Å². The molecule has 0 bridgehead atoms. The molecular weight excluding hydrogens is 200 g/mol. The Kier molecular flexibility index (Phi) is 1.70. The van der Waals surface area contributed by atoms with Crippen LogP contribution in [0.2, 0.25) is 0 Å². The molecule has 14 heavy (non-hydrogen) atoms. The van der Waals surface area contributed by atoms with Crippen molar-refractivity contribution in [3.05, 3.63) is 29.1 Å². The molecule has 5 heteroatoms. The largest absolute Gasteiger partial charge is 0.477 e. The number of anilines is 1. The Morgan fingerprint density at radius 1 is 1.50 bits per heavy atom. The molecule has 3 rings (SSSR count). The number of ether oxygens (including phenoxy) is 1. The van der Waals surface area contributed by atoms with E-state index in [1.54, 1.807) is 23.9 Å². The Bertz CT molecular complexity index is 424. The summed E-state index contributed by atoms with van der Waals surface area (Å²) in [7, 11) is 0. The van der Waals surface area contributed by atoms with Gasteiger partial charge in [0, 0.05) is 5.38 Å². The number of nitrogens with zero attached hydrogens (tertiary/aromatic N) is 1. The topological polar surface area (TPSA) is 47.3 Å². The van der Waals surface area contributed by atoms with E-state index in [1.165, 1.54) is 0 Å². The molecule has 4 nitrogen and oxygen atoms in total. The van der Waals surface area contributed by atoms with Crippen LogP contribution >= 0.6 is 11.3 Å². The number of fused-ring (bicyclic) bond motifs is 1. The highest BCUT2D eigenvalue weighted by Gasteiger charge is 2.23. The second-order valence-electron chi connectivity index (χ2n) is 3.05. The molecule has 0 saturated carbocycles. The first-order valence-corrected chi connectivity index (χ1v) is 5.22. The first kappa shape index (κ1) is 7.87. The predicted molar refractivity (Wildman–Crippen MR) is 52.7 cm³/mol. The molecular formula is C9H8N2O2S. The van der Waals surface area contributed by atoms with E-state index in [2.05, 4.69) is 10.3 Å². The summed E-state index contributed by atoms with van der Waals surface area (Å²) in [5, 5.41) is 5.22. The summed E-state index contributed by atoms with van der Waals surface area (Å²) in [6.07, 6.45) is 3.24. The predicted octanol–water partition coefficient (Wildman–Crippen LogP) is 2.28. The van der Waals surface area contributed by atoms with Gasteiger partial charge in [-0.3, -0.25) is 0 Å². The number of hydrogen-bond donors (Lipinski definition) is 1. The molecule has 0 aromatic carbocycles. The van der Waals surface area contributed by atoms with Crippen molar-refractivity contribution in [2.75, 3.05) is 11.9 Å². The molecule has 3 heterocycles. The Morgan fingerprint density at radius 2 is 2.50 bits per heavy atom. The van der Waals surface area contributed by atoms with E-state index in [1.807, 2.05) is 10.9 Å². The monoisotopic (exact) mass is 208 g/mol. The minimum Gasteiger partial charge on any atom is -0.477 e. The van der Waals surface area contributed by atoms with E-state index in [4.69, 9.17) is 9.15 Å². The number of furan rings is 1. The van der Waals surface area contributed by atoms with Crippen LogP contribution in [0.15, 0.2) is 27.8 Å². The summed E-state index contributed by atoms with van der Waals surface area (Å²) in [5.74, 6) is 0.759. The number of aromatic nitrogens is 1. The van der Waals surface area contributed by atoms with Crippen LogP contribution in [-0.2, 0) is 0 Å². The Labute approximate surface area is 84.5 Å². The quantitative estimate of drug-likeness (QED) is 0.781. The van der Waals surface area contributed by atoms with Crippen LogP contribution in [0.5, 0.6) is 5.75 Å². The molecule has 1 atom stereocenters. The fraction of sp³-hybridized carbons (Fsp3) is 0.222. The van der Waals surface area contributed by atoms with Gasteiger partial charge < -0.3 is 14.5 Å². The maximum atomic E-state index is 5.70. The molecule has 1 N–H and O–H groups in total. The number of hydrogen-bond acceptors (Lipinski definition) is 5. The minimum absolute atomic E-state index is 0.00801. The standard InChI is InChI=1S/C9H8N2O2S/c1-8(7-4-14-5-11-7)13-9-3-12-2-6(9)10-1/h2-5,8,10H,1H2. The van der Waals surface area contributed by atoms with Crippen molar-refractivity contribution in [1.82, 2.24) is 4.98 Å². The van der Waals surface area contributed by atoms with Crippen LogP contribution in [0.1, 0.15) is 11.8 Å². The van der Waals surface area contributed by atoms with Gasteiger partial charge in [0.25, 0.3) is 0 Å². The van der Waals surface area contributed by atoms with E-state index >= 15 is 0 Å². The summed E-state index contributed by atoms with van der Waals surface area (Å²) >= 11 is 1.57. The summed E-state index contributed by atoms with van der Waals surface area (Å²) in [6, 6.07) is 0. The van der Waals surface area contributed by atoms with Gasteiger partial charge in [-0.25, -0.2) is 4.98 Å². The van der Waals surface area contributed by atoms with Crippen molar-refractivity contribution >= 4 is 17.0 Å². The lowest BCUT2D eigenvalue weighted by atomic mass is 10.2. The lowest BCUT2D eigenvalue weighted by molar-refractivity contribution is 0.205. The first-order valence-electron chi connectivity index (χ1n) is 4.28. The average molecular weight is 208 g/mol. The van der Waals surface area contributed by atoms with Crippen LogP contribution in [0.25, 0.3) is 0 Å². The van der Waals surface area contributed by atoms with Gasteiger partial charge in [0.05, 0.1) is 17.7 Å². The highest BCUT2D eigenvalue weighted by Crippen LogP contribution is 2.34. The van der Waals surface area contributed by atoms with Crippen molar-refractivity contribution in [2.45, 2.75) is 6.10 Å². The third kappa shape index (κ3) is 1.17. The molecule has 0 fully saturated rings. The zero-order chi connectivity index (χ0) is 9.38. The third-order valence-corrected chi connectivity index (χ3v) is 2.76. The van der Waals surface area contributed by atoms with E-state index in [0.717, 1.165) is 23.7 Å². The first-order chi connectivity index (χ1) is 6.93. The number of nitrogens with one attached hydrogen (secondary N) is 1. The maximum Gasteiger partial charge on any atom is 0.181 e. The Hall–Kier alpha value is -1.49. The van der Waals surface area contributed by atoms with Crippen molar-refractivity contribution in [1.29, 1.82) is 0 Å². The average Bonchev–Trinajstić information content (AvgIpc) is 2.88. The van der Waals surface area contributed by atoms with Crippen molar-refractivity contribution in [3.8, 4) is 5.75 Å². The van der Waals surface area contributed by atoms with Crippen LogP contribution in [0.3, 0.4) is 0 Å².